The van der Waals surface area contributed by atoms with Gasteiger partial charge >= 0.3 is 0 Å². The molecule has 0 fully saturated rings. The molecule has 0 N–H and O–H groups in total. The Bertz CT molecular complexity index is 3000. The van der Waals surface area contributed by atoms with Gasteiger partial charge in [-0.25, -0.2) is 15.0 Å². The number of benzene rings is 9. The Kier molecular flexibility index (Phi) is 7.71. The highest BCUT2D eigenvalue weighted by Crippen LogP contribution is 2.56. The van der Waals surface area contributed by atoms with Crippen molar-refractivity contribution in [1.29, 1.82) is 0 Å². The molecular weight excluding hydrogens is 691 g/mol. The minimum atomic E-state index is -0.472. The minimum absolute atomic E-state index is 0.472. The lowest BCUT2D eigenvalue weighted by Crippen LogP contribution is -2.28. The molecule has 3 heteroatoms. The van der Waals surface area contributed by atoms with Gasteiger partial charge in [-0.1, -0.05) is 188 Å². The van der Waals surface area contributed by atoms with Crippen molar-refractivity contribution in [1.82, 2.24) is 15.0 Å². The molecule has 0 saturated heterocycles. The highest BCUT2D eigenvalue weighted by Gasteiger charge is 2.46. The van der Waals surface area contributed by atoms with Crippen LogP contribution >= 0.6 is 0 Å². The number of hydrogen-bond acceptors (Lipinski definition) is 3. The van der Waals surface area contributed by atoms with Crippen molar-refractivity contribution in [2.75, 3.05) is 0 Å². The van der Waals surface area contributed by atoms with Gasteiger partial charge in [0.2, 0.25) is 0 Å². The molecule has 0 spiro atoms. The first-order valence-electron chi connectivity index (χ1n) is 19.4. The maximum atomic E-state index is 5.17. The minimum Gasteiger partial charge on any atom is -0.208 e. The van der Waals surface area contributed by atoms with Crippen molar-refractivity contribution in [3.05, 3.63) is 235 Å². The summed E-state index contributed by atoms with van der Waals surface area (Å²) >= 11 is 0. The summed E-state index contributed by atoms with van der Waals surface area (Å²) in [6, 6.07) is 76.0. The molecule has 57 heavy (non-hydrogen) atoms. The summed E-state index contributed by atoms with van der Waals surface area (Å²) in [5, 5.41) is 4.65. The van der Waals surface area contributed by atoms with Crippen LogP contribution in [-0.2, 0) is 5.41 Å². The lowest BCUT2D eigenvalue weighted by Gasteiger charge is -2.34. The van der Waals surface area contributed by atoms with Crippen LogP contribution in [0.25, 0.3) is 78.0 Å². The Morgan fingerprint density at radius 3 is 1.30 bits per heavy atom. The molecule has 1 aliphatic carbocycles. The maximum absolute atomic E-state index is 5.17. The van der Waals surface area contributed by atoms with E-state index in [4.69, 9.17) is 15.0 Å². The fourth-order valence-electron chi connectivity index (χ4n) is 8.88. The fourth-order valence-corrected chi connectivity index (χ4v) is 8.88. The Labute approximate surface area is 331 Å². The van der Waals surface area contributed by atoms with Gasteiger partial charge in [0.15, 0.2) is 17.5 Å². The molecule has 0 atom stereocenters. The first kappa shape index (κ1) is 32.9. The molecule has 0 aliphatic heterocycles. The quantitative estimate of drug-likeness (QED) is 0.171. The van der Waals surface area contributed by atoms with E-state index in [1.165, 1.54) is 44.2 Å². The van der Waals surface area contributed by atoms with E-state index in [-0.39, 0.29) is 0 Å². The van der Waals surface area contributed by atoms with Gasteiger partial charge in [0.05, 0.1) is 5.41 Å². The van der Waals surface area contributed by atoms with Crippen LogP contribution in [0.3, 0.4) is 0 Å². The molecular formula is C54H35N3. The van der Waals surface area contributed by atoms with Crippen LogP contribution in [0.4, 0.5) is 0 Å². The number of fused-ring (bicyclic) bond motifs is 5. The molecule has 10 aromatic rings. The van der Waals surface area contributed by atoms with E-state index in [2.05, 4.69) is 212 Å². The predicted molar refractivity (Wildman–Crippen MR) is 234 cm³/mol. The number of nitrogens with zero attached hydrogens (tertiary/aromatic N) is 3. The molecule has 1 heterocycles. The zero-order chi connectivity index (χ0) is 37.8. The number of aromatic nitrogens is 3. The van der Waals surface area contributed by atoms with Crippen molar-refractivity contribution in [3.8, 4) is 56.4 Å². The third-order valence-electron chi connectivity index (χ3n) is 11.6. The Morgan fingerprint density at radius 2 is 0.702 bits per heavy atom. The second-order valence-corrected chi connectivity index (χ2v) is 14.8. The van der Waals surface area contributed by atoms with Crippen molar-refractivity contribution in [3.63, 3.8) is 0 Å². The van der Waals surface area contributed by atoms with Gasteiger partial charge in [-0.05, 0) is 90.3 Å². The summed E-state index contributed by atoms with van der Waals surface area (Å²) in [6.45, 7) is 0. The first-order valence-corrected chi connectivity index (χ1v) is 19.4. The molecule has 0 amide bonds. The summed E-state index contributed by atoms with van der Waals surface area (Å²) in [7, 11) is 0. The SMILES string of the molecule is c1ccc(C2(c3ccccc3)c3ccccc3-c3ccc(-c4cccc(-c5nc(-c6ccc7ccccc7c6)nc(-c6ccc7ccccc7c6)n5)c4)cc32)cc1. The zero-order valence-corrected chi connectivity index (χ0v) is 31.0. The van der Waals surface area contributed by atoms with Crippen molar-refractivity contribution < 1.29 is 0 Å². The summed E-state index contributed by atoms with van der Waals surface area (Å²) in [4.78, 5) is 15.4. The first-order chi connectivity index (χ1) is 28.2. The lowest BCUT2D eigenvalue weighted by atomic mass is 9.67. The molecule has 1 aliphatic rings. The predicted octanol–water partition coefficient (Wildman–Crippen LogP) is 13.2. The van der Waals surface area contributed by atoms with E-state index in [9.17, 15) is 0 Å². The van der Waals surface area contributed by atoms with E-state index in [1.54, 1.807) is 0 Å². The fraction of sp³-hybridized carbons (Fsp3) is 0.0185. The maximum Gasteiger partial charge on any atom is 0.164 e. The Hall–Kier alpha value is -7.49. The van der Waals surface area contributed by atoms with Crippen molar-refractivity contribution in [2.24, 2.45) is 0 Å². The molecule has 11 rings (SSSR count). The van der Waals surface area contributed by atoms with Crippen molar-refractivity contribution in [2.45, 2.75) is 5.41 Å². The average molecular weight is 726 g/mol. The highest BCUT2D eigenvalue weighted by atomic mass is 15.0. The van der Waals surface area contributed by atoms with E-state index in [0.29, 0.717) is 17.5 Å². The molecule has 1 aromatic heterocycles. The summed E-state index contributed by atoms with van der Waals surface area (Å²) in [6.07, 6.45) is 0. The van der Waals surface area contributed by atoms with E-state index < -0.39 is 5.41 Å². The monoisotopic (exact) mass is 725 g/mol. The lowest BCUT2D eigenvalue weighted by molar-refractivity contribution is 0.769. The summed E-state index contributed by atoms with van der Waals surface area (Å²) in [5.74, 6) is 1.92. The van der Waals surface area contributed by atoms with Crippen LogP contribution in [-0.4, -0.2) is 15.0 Å². The summed E-state index contributed by atoms with van der Waals surface area (Å²) in [5.41, 5.74) is 12.2. The van der Waals surface area contributed by atoms with E-state index in [1.807, 2.05) is 0 Å². The normalized spacial score (nSPS) is 12.7. The van der Waals surface area contributed by atoms with Gasteiger partial charge in [0.25, 0.3) is 0 Å². The second-order valence-electron chi connectivity index (χ2n) is 14.8. The van der Waals surface area contributed by atoms with Crippen molar-refractivity contribution >= 4 is 21.5 Å². The largest absolute Gasteiger partial charge is 0.208 e. The van der Waals surface area contributed by atoms with E-state index >= 15 is 0 Å². The number of hydrogen-bond donors (Lipinski definition) is 0. The zero-order valence-electron chi connectivity index (χ0n) is 31.0. The molecule has 266 valence electrons. The highest BCUT2D eigenvalue weighted by molar-refractivity contribution is 5.90. The number of rotatable bonds is 6. The topological polar surface area (TPSA) is 38.7 Å². The Morgan fingerprint density at radius 1 is 0.263 bits per heavy atom. The smallest absolute Gasteiger partial charge is 0.164 e. The Balaban J connectivity index is 1.08. The third kappa shape index (κ3) is 5.47. The van der Waals surface area contributed by atoms with Gasteiger partial charge < -0.3 is 0 Å². The van der Waals surface area contributed by atoms with Gasteiger partial charge in [-0.3, -0.25) is 0 Å². The average Bonchev–Trinajstić information content (AvgIpc) is 3.59. The summed E-state index contributed by atoms with van der Waals surface area (Å²) < 4.78 is 0. The third-order valence-corrected chi connectivity index (χ3v) is 11.6. The van der Waals surface area contributed by atoms with Crippen LogP contribution < -0.4 is 0 Å². The van der Waals surface area contributed by atoms with Gasteiger partial charge in [0, 0.05) is 16.7 Å². The molecule has 0 bridgehead atoms. The van der Waals surface area contributed by atoms with Crippen LogP contribution in [0.2, 0.25) is 0 Å². The van der Waals surface area contributed by atoms with Gasteiger partial charge in [-0.2, -0.15) is 0 Å². The second kappa shape index (κ2) is 13.4. The standard InChI is InChI=1S/C54H35N3/c1-3-20-45(21-4-1)54(46-22-5-2-6-23-46)49-25-12-11-24-47(49)48-31-30-41(35-50(48)54)40-18-13-19-42(34-40)51-55-52(43-28-26-36-14-7-9-16-38(36)32-43)57-53(56-51)44-29-27-37-15-8-10-17-39(37)33-44/h1-35H. The molecule has 3 nitrogen and oxygen atoms in total. The van der Waals surface area contributed by atoms with E-state index in [0.717, 1.165) is 38.6 Å². The van der Waals surface area contributed by atoms with Crippen LogP contribution in [0.1, 0.15) is 22.3 Å². The molecule has 9 aromatic carbocycles. The van der Waals surface area contributed by atoms with Crippen LogP contribution in [0.5, 0.6) is 0 Å². The van der Waals surface area contributed by atoms with Gasteiger partial charge in [0.1, 0.15) is 0 Å². The molecule has 0 unspecified atom stereocenters. The van der Waals surface area contributed by atoms with Gasteiger partial charge in [-0.15, -0.1) is 0 Å². The molecule has 0 saturated carbocycles. The molecule has 0 radical (unpaired) electrons. The van der Waals surface area contributed by atoms with Crippen LogP contribution in [0.15, 0.2) is 212 Å². The van der Waals surface area contributed by atoms with Crippen LogP contribution in [0, 0.1) is 0 Å².